The Balaban J connectivity index is 0.000000707. The molecular weight excluding hydrogens is 601 g/mol. The van der Waals surface area contributed by atoms with Crippen LogP contribution >= 0.6 is 0 Å². The molecule has 45 heavy (non-hydrogen) atoms. The van der Waals surface area contributed by atoms with Crippen molar-refractivity contribution in [2.45, 2.75) is 39.1 Å². The van der Waals surface area contributed by atoms with E-state index < -0.39 is 35.9 Å². The first-order valence-electron chi connectivity index (χ1n) is 13.2. The molecule has 3 aromatic rings. The molecule has 2 heterocycles. The van der Waals surface area contributed by atoms with Crippen molar-refractivity contribution in [2.24, 2.45) is 5.73 Å². The van der Waals surface area contributed by atoms with Crippen LogP contribution in [0.2, 0.25) is 0 Å². The number of pyridine rings is 1. The van der Waals surface area contributed by atoms with E-state index >= 15 is 0 Å². The number of anilines is 1. The van der Waals surface area contributed by atoms with Gasteiger partial charge < -0.3 is 25.6 Å². The summed E-state index contributed by atoms with van der Waals surface area (Å²) in [7, 11) is 0. The third-order valence-corrected chi connectivity index (χ3v) is 5.89. The molecule has 0 bridgehead atoms. The molecule has 2 aromatic carbocycles. The van der Waals surface area contributed by atoms with Crippen LogP contribution in [0.25, 0.3) is 0 Å². The Kier molecular flexibility index (Phi) is 10.7. The summed E-state index contributed by atoms with van der Waals surface area (Å²) in [5.41, 5.74) is 9.82. The predicted molar refractivity (Wildman–Crippen MR) is 154 cm³/mol. The summed E-state index contributed by atoms with van der Waals surface area (Å²) in [6.45, 7) is 5.99. The molecule has 0 saturated carbocycles. The largest absolute Gasteiger partial charge is 0.490 e. The van der Waals surface area contributed by atoms with Gasteiger partial charge >= 0.3 is 12.1 Å². The minimum absolute atomic E-state index is 0.0898. The first-order chi connectivity index (χ1) is 21.1. The minimum Gasteiger partial charge on any atom is -0.490 e. The van der Waals surface area contributed by atoms with Crippen LogP contribution in [0.3, 0.4) is 0 Å². The number of aromatic nitrogens is 1. The number of alkyl halides is 3. The van der Waals surface area contributed by atoms with Gasteiger partial charge in [0.05, 0.1) is 23.8 Å². The number of halogens is 3. The predicted octanol–water partition coefficient (Wildman–Crippen LogP) is 3.67. The van der Waals surface area contributed by atoms with E-state index in [1.807, 2.05) is 20.8 Å². The standard InChI is InChI=1S/C27H28N6O5.C2HF3O2/c1-4-37-22-13-17(7-10-21(22)38-15(2)3)23(31-18-8-5-16(6-9-18)24(28)29)25(34)32-33-26(35)19-11-12-30-14-20(19)27(33)36;3-2(4,5)1(6)7/h5-15,23,31H,4H2,1-3H3,(H3,28,29)(H,32,34);(H,6,7). The molecule has 0 aliphatic carbocycles. The molecule has 4 rings (SSSR count). The summed E-state index contributed by atoms with van der Waals surface area (Å²) < 4.78 is 43.3. The molecule has 1 unspecified atom stereocenters. The number of fused-ring (bicyclic) bond motifs is 1. The van der Waals surface area contributed by atoms with Crippen molar-refractivity contribution in [3.8, 4) is 11.5 Å². The van der Waals surface area contributed by atoms with Crippen molar-refractivity contribution in [2.75, 3.05) is 11.9 Å². The molecule has 3 amide bonds. The average molecular weight is 631 g/mol. The van der Waals surface area contributed by atoms with E-state index in [0.29, 0.717) is 39.9 Å². The number of carboxylic acids is 1. The molecule has 0 spiro atoms. The average Bonchev–Trinajstić information content (AvgIpc) is 3.21. The molecule has 6 N–H and O–H groups in total. The maximum Gasteiger partial charge on any atom is 0.490 e. The molecule has 0 saturated heterocycles. The van der Waals surface area contributed by atoms with Crippen LogP contribution < -0.4 is 25.9 Å². The number of aliphatic carboxylic acids is 1. The molecule has 1 atom stereocenters. The van der Waals surface area contributed by atoms with Crippen molar-refractivity contribution < 1.29 is 46.9 Å². The van der Waals surface area contributed by atoms with Gasteiger partial charge in [0.2, 0.25) is 0 Å². The van der Waals surface area contributed by atoms with E-state index in [0.717, 1.165) is 0 Å². The second-order valence-electron chi connectivity index (χ2n) is 9.52. The number of carboxylic acid groups (broad SMARTS) is 1. The van der Waals surface area contributed by atoms with Gasteiger partial charge in [0, 0.05) is 23.6 Å². The van der Waals surface area contributed by atoms with E-state index in [1.54, 1.807) is 42.5 Å². The molecular formula is C29H29F3N6O7. The van der Waals surface area contributed by atoms with Gasteiger partial charge in [0.1, 0.15) is 11.9 Å². The van der Waals surface area contributed by atoms with Crippen LogP contribution in [0.1, 0.15) is 58.7 Å². The lowest BCUT2D eigenvalue weighted by Crippen LogP contribution is -2.48. The molecule has 1 aliphatic heterocycles. The smallest absolute Gasteiger partial charge is 0.490 e. The summed E-state index contributed by atoms with van der Waals surface area (Å²) in [6, 6.07) is 12.1. The van der Waals surface area contributed by atoms with Gasteiger partial charge in [-0.2, -0.15) is 18.2 Å². The SMILES string of the molecule is CCOc1cc(C(Nc2ccc(C(=N)N)cc2)C(=O)NN2C(=O)c3ccncc3C2=O)ccc1OC(C)C.O=C(O)C(F)(F)F. The zero-order chi connectivity index (χ0) is 33.5. The van der Waals surface area contributed by atoms with Crippen molar-refractivity contribution in [3.63, 3.8) is 0 Å². The second-order valence-corrected chi connectivity index (χ2v) is 9.52. The van der Waals surface area contributed by atoms with Crippen LogP contribution in [0.5, 0.6) is 11.5 Å². The van der Waals surface area contributed by atoms with Gasteiger partial charge in [-0.25, -0.2) is 4.79 Å². The van der Waals surface area contributed by atoms with Crippen molar-refractivity contribution >= 4 is 35.2 Å². The van der Waals surface area contributed by atoms with Crippen molar-refractivity contribution in [1.29, 1.82) is 5.41 Å². The number of nitrogen functional groups attached to an aromatic ring is 1. The Morgan fingerprint density at radius 2 is 1.67 bits per heavy atom. The van der Waals surface area contributed by atoms with Crippen LogP contribution in [0.15, 0.2) is 60.9 Å². The normalized spacial score (nSPS) is 12.9. The van der Waals surface area contributed by atoms with E-state index in [4.69, 9.17) is 30.5 Å². The fourth-order valence-electron chi connectivity index (χ4n) is 3.90. The summed E-state index contributed by atoms with van der Waals surface area (Å²) in [5, 5.41) is 18.5. The topological polar surface area (TPSA) is 197 Å². The van der Waals surface area contributed by atoms with Gasteiger partial charge in [-0.1, -0.05) is 6.07 Å². The maximum atomic E-state index is 13.6. The van der Waals surface area contributed by atoms with Gasteiger partial charge in [-0.15, -0.1) is 0 Å². The van der Waals surface area contributed by atoms with Crippen LogP contribution in [0.4, 0.5) is 18.9 Å². The Labute approximate surface area is 254 Å². The number of nitrogens with zero attached hydrogens (tertiary/aromatic N) is 2. The number of amidine groups is 1. The zero-order valence-electron chi connectivity index (χ0n) is 24.1. The second kappa shape index (κ2) is 14.2. The van der Waals surface area contributed by atoms with Crippen molar-refractivity contribution in [1.82, 2.24) is 15.4 Å². The first kappa shape index (κ1) is 33.8. The number of hydrogen-bond donors (Lipinski definition) is 5. The molecule has 1 aromatic heterocycles. The number of carbonyl (C=O) groups excluding carboxylic acids is 3. The fraction of sp³-hybridized carbons (Fsp3) is 0.241. The molecule has 13 nitrogen and oxygen atoms in total. The van der Waals surface area contributed by atoms with Crippen molar-refractivity contribution in [3.05, 3.63) is 83.2 Å². The number of carbonyl (C=O) groups is 4. The number of amides is 3. The Morgan fingerprint density at radius 1 is 1.04 bits per heavy atom. The lowest BCUT2D eigenvalue weighted by atomic mass is 10.0. The molecule has 0 radical (unpaired) electrons. The number of imide groups is 1. The van der Waals surface area contributed by atoms with Gasteiger partial charge in [-0.05, 0) is 68.8 Å². The highest BCUT2D eigenvalue weighted by molar-refractivity contribution is 6.21. The van der Waals surface area contributed by atoms with E-state index in [2.05, 4.69) is 15.7 Å². The monoisotopic (exact) mass is 630 g/mol. The lowest BCUT2D eigenvalue weighted by molar-refractivity contribution is -0.192. The zero-order valence-corrected chi connectivity index (χ0v) is 24.1. The van der Waals surface area contributed by atoms with Gasteiger partial charge in [-0.3, -0.25) is 30.2 Å². The third-order valence-electron chi connectivity index (χ3n) is 5.89. The number of nitrogens with one attached hydrogen (secondary N) is 3. The highest BCUT2D eigenvalue weighted by Crippen LogP contribution is 2.33. The molecule has 16 heteroatoms. The number of hydrazine groups is 1. The summed E-state index contributed by atoms with van der Waals surface area (Å²) in [4.78, 5) is 52.0. The quantitative estimate of drug-likeness (QED) is 0.125. The van der Waals surface area contributed by atoms with E-state index in [9.17, 15) is 27.6 Å². The number of hydrogen-bond acceptors (Lipinski definition) is 9. The Bertz CT molecular complexity index is 1560. The lowest BCUT2D eigenvalue weighted by Gasteiger charge is -2.24. The Hall–Kier alpha value is -5.67. The molecule has 0 fully saturated rings. The van der Waals surface area contributed by atoms with Gasteiger partial charge in [0.15, 0.2) is 11.5 Å². The molecule has 238 valence electrons. The number of nitrogens with two attached hydrogens (primary N) is 1. The fourth-order valence-corrected chi connectivity index (χ4v) is 3.90. The number of ether oxygens (including phenoxy) is 2. The van der Waals surface area contributed by atoms with E-state index in [1.165, 1.54) is 18.5 Å². The Morgan fingerprint density at radius 3 is 2.20 bits per heavy atom. The minimum atomic E-state index is -5.08. The summed E-state index contributed by atoms with van der Waals surface area (Å²) in [5.74, 6) is -3.88. The van der Waals surface area contributed by atoms with Gasteiger partial charge in [0.25, 0.3) is 17.7 Å². The van der Waals surface area contributed by atoms with Crippen LogP contribution in [-0.2, 0) is 9.59 Å². The summed E-state index contributed by atoms with van der Waals surface area (Å²) in [6.07, 6.45) is -2.49. The molecule has 1 aliphatic rings. The van der Waals surface area contributed by atoms with E-state index in [-0.39, 0.29) is 23.1 Å². The maximum absolute atomic E-state index is 13.6. The highest BCUT2D eigenvalue weighted by atomic mass is 19.4. The number of rotatable bonds is 10. The first-order valence-corrected chi connectivity index (χ1v) is 13.2. The third kappa shape index (κ3) is 8.46. The van der Waals surface area contributed by atoms with Crippen LogP contribution in [-0.4, -0.2) is 63.5 Å². The highest BCUT2D eigenvalue weighted by Gasteiger charge is 2.39. The number of benzene rings is 2. The van der Waals surface area contributed by atoms with Crippen LogP contribution in [0, 0.1) is 5.41 Å². The summed E-state index contributed by atoms with van der Waals surface area (Å²) >= 11 is 0.